The third-order valence-electron chi connectivity index (χ3n) is 3.34. The summed E-state index contributed by atoms with van der Waals surface area (Å²) in [4.78, 5) is 34.8. The highest BCUT2D eigenvalue weighted by molar-refractivity contribution is 6.02. The van der Waals surface area contributed by atoms with Crippen molar-refractivity contribution in [3.8, 4) is 0 Å². The molecule has 124 valence electrons. The van der Waals surface area contributed by atoms with Crippen molar-refractivity contribution in [2.75, 3.05) is 7.11 Å². The summed E-state index contributed by atoms with van der Waals surface area (Å²) in [5, 5.41) is 0. The third-order valence-corrected chi connectivity index (χ3v) is 3.34. The summed E-state index contributed by atoms with van der Waals surface area (Å²) >= 11 is 0. The zero-order valence-corrected chi connectivity index (χ0v) is 13.9. The van der Waals surface area contributed by atoms with Crippen LogP contribution in [0.3, 0.4) is 0 Å². The van der Waals surface area contributed by atoms with E-state index >= 15 is 0 Å². The van der Waals surface area contributed by atoms with Gasteiger partial charge >= 0.3 is 5.97 Å². The molecule has 0 amide bonds. The van der Waals surface area contributed by atoms with Crippen LogP contribution in [0.1, 0.15) is 59.3 Å². The molecule has 0 saturated heterocycles. The Morgan fingerprint density at radius 2 is 1.86 bits per heavy atom. The number of ketones is 2. The molecule has 22 heavy (non-hydrogen) atoms. The van der Waals surface area contributed by atoms with Crippen LogP contribution in [-0.4, -0.2) is 36.4 Å². The van der Waals surface area contributed by atoms with Crippen molar-refractivity contribution in [2.45, 2.75) is 71.0 Å². The molecule has 5 nitrogen and oxygen atoms in total. The van der Waals surface area contributed by atoms with Crippen LogP contribution in [0.2, 0.25) is 0 Å². The number of esters is 1. The molecule has 1 rings (SSSR count). The minimum atomic E-state index is -0.311. The Hall–Kier alpha value is -1.49. The topological polar surface area (TPSA) is 69.7 Å². The van der Waals surface area contributed by atoms with Gasteiger partial charge in [0.1, 0.15) is 5.78 Å². The lowest BCUT2D eigenvalue weighted by Crippen LogP contribution is -2.25. The van der Waals surface area contributed by atoms with Crippen molar-refractivity contribution in [1.82, 2.24) is 0 Å². The first-order valence-corrected chi connectivity index (χ1v) is 7.71. The fourth-order valence-corrected chi connectivity index (χ4v) is 2.37. The van der Waals surface area contributed by atoms with Crippen molar-refractivity contribution in [3.05, 3.63) is 11.6 Å². The summed E-state index contributed by atoms with van der Waals surface area (Å²) in [6.07, 6.45) is 4.01. The molecule has 0 aromatic carbocycles. The fourth-order valence-electron chi connectivity index (χ4n) is 2.37. The van der Waals surface area contributed by atoms with E-state index in [1.165, 1.54) is 7.11 Å². The maximum absolute atomic E-state index is 11.9. The maximum Gasteiger partial charge on any atom is 0.305 e. The lowest BCUT2D eigenvalue weighted by Gasteiger charge is -2.23. The Morgan fingerprint density at radius 1 is 1.23 bits per heavy atom. The second-order valence-corrected chi connectivity index (χ2v) is 6.59. The summed E-state index contributed by atoms with van der Waals surface area (Å²) in [6, 6.07) is 0. The first kappa shape index (κ1) is 18.6. The van der Waals surface area contributed by atoms with E-state index in [0.29, 0.717) is 37.7 Å². The lowest BCUT2D eigenvalue weighted by atomic mass is 10.0. The molecule has 1 atom stereocenters. The van der Waals surface area contributed by atoms with Crippen LogP contribution < -0.4 is 0 Å². The highest BCUT2D eigenvalue weighted by atomic mass is 16.5. The van der Waals surface area contributed by atoms with E-state index in [0.717, 1.165) is 0 Å². The first-order chi connectivity index (χ1) is 10.2. The van der Waals surface area contributed by atoms with E-state index in [2.05, 4.69) is 4.74 Å². The first-order valence-electron chi connectivity index (χ1n) is 7.71. The number of allylic oxidation sites excluding steroid dienone is 1. The smallest absolute Gasteiger partial charge is 0.305 e. The number of rotatable bonds is 8. The largest absolute Gasteiger partial charge is 0.469 e. The van der Waals surface area contributed by atoms with Gasteiger partial charge in [0, 0.05) is 31.3 Å². The number of methoxy groups -OCH3 is 1. The number of hydrogen-bond donors (Lipinski definition) is 0. The molecular weight excluding hydrogens is 284 g/mol. The molecule has 0 saturated carbocycles. The molecule has 1 aliphatic rings. The standard InChI is InChI=1S/C17H26O5/c1-17(2,3)22-14-10-12(15(19)11-14)9-13(18)7-5-6-8-16(20)21-4/h10,14H,5-9,11H2,1-4H3. The predicted octanol–water partition coefficient (Wildman–Crippen LogP) is 2.76. The SMILES string of the molecule is COC(=O)CCCCC(=O)CC1=CC(OC(C)(C)C)CC1=O. The zero-order valence-electron chi connectivity index (χ0n) is 13.9. The number of carbonyl (C=O) groups is 3. The highest BCUT2D eigenvalue weighted by Gasteiger charge is 2.28. The van der Waals surface area contributed by atoms with Gasteiger partial charge in [0.05, 0.1) is 18.8 Å². The Balaban J connectivity index is 2.35. The number of Topliss-reactive ketones (excluding diaryl/α,β-unsaturated/α-hetero) is 2. The molecule has 1 aliphatic carbocycles. The number of carbonyl (C=O) groups excluding carboxylic acids is 3. The van der Waals surface area contributed by atoms with E-state index in [1.54, 1.807) is 6.08 Å². The van der Waals surface area contributed by atoms with Gasteiger partial charge in [-0.25, -0.2) is 0 Å². The highest BCUT2D eigenvalue weighted by Crippen LogP contribution is 2.25. The average Bonchev–Trinajstić information content (AvgIpc) is 2.72. The van der Waals surface area contributed by atoms with Crippen LogP contribution in [0.15, 0.2) is 11.6 Å². The number of unbranched alkanes of at least 4 members (excludes halogenated alkanes) is 1. The van der Waals surface area contributed by atoms with Crippen molar-refractivity contribution >= 4 is 17.5 Å². The van der Waals surface area contributed by atoms with E-state index in [-0.39, 0.29) is 35.7 Å². The molecule has 0 spiro atoms. The maximum atomic E-state index is 11.9. The van der Waals surface area contributed by atoms with Gasteiger partial charge in [-0.1, -0.05) is 0 Å². The van der Waals surface area contributed by atoms with Gasteiger partial charge in [-0.2, -0.15) is 0 Å². The Morgan fingerprint density at radius 3 is 2.45 bits per heavy atom. The molecule has 0 fully saturated rings. The van der Waals surface area contributed by atoms with Gasteiger partial charge in [0.15, 0.2) is 5.78 Å². The van der Waals surface area contributed by atoms with Crippen molar-refractivity contribution in [1.29, 1.82) is 0 Å². The monoisotopic (exact) mass is 310 g/mol. The molecule has 0 heterocycles. The van der Waals surface area contributed by atoms with E-state index in [1.807, 2.05) is 20.8 Å². The van der Waals surface area contributed by atoms with Crippen molar-refractivity contribution in [3.63, 3.8) is 0 Å². The van der Waals surface area contributed by atoms with Crippen LogP contribution in [0, 0.1) is 0 Å². The number of hydrogen-bond acceptors (Lipinski definition) is 5. The van der Waals surface area contributed by atoms with Crippen LogP contribution >= 0.6 is 0 Å². The molecule has 0 radical (unpaired) electrons. The summed E-state index contributed by atoms with van der Waals surface area (Å²) in [5.41, 5.74) is 0.252. The molecule has 0 N–H and O–H groups in total. The van der Waals surface area contributed by atoms with E-state index < -0.39 is 0 Å². The molecule has 1 unspecified atom stereocenters. The normalized spacial score (nSPS) is 18.3. The number of ether oxygens (including phenoxy) is 2. The summed E-state index contributed by atoms with van der Waals surface area (Å²) in [6.45, 7) is 5.82. The van der Waals surface area contributed by atoms with E-state index in [4.69, 9.17) is 4.74 Å². The van der Waals surface area contributed by atoms with Crippen LogP contribution in [0.4, 0.5) is 0 Å². The van der Waals surface area contributed by atoms with Crippen LogP contribution in [0.5, 0.6) is 0 Å². The fraction of sp³-hybridized carbons (Fsp3) is 0.706. The van der Waals surface area contributed by atoms with Gasteiger partial charge in [0.25, 0.3) is 0 Å². The van der Waals surface area contributed by atoms with Crippen LogP contribution in [0.25, 0.3) is 0 Å². The lowest BCUT2D eigenvalue weighted by molar-refractivity contribution is -0.140. The molecule has 0 bridgehead atoms. The van der Waals surface area contributed by atoms with Gasteiger partial charge in [-0.15, -0.1) is 0 Å². The minimum Gasteiger partial charge on any atom is -0.469 e. The second kappa shape index (κ2) is 8.22. The Labute approximate surface area is 132 Å². The Bertz CT molecular complexity index is 456. The Kier molecular flexibility index (Phi) is 6.94. The van der Waals surface area contributed by atoms with Gasteiger partial charge in [-0.3, -0.25) is 14.4 Å². The zero-order chi connectivity index (χ0) is 16.8. The van der Waals surface area contributed by atoms with Gasteiger partial charge in [0.2, 0.25) is 0 Å². The van der Waals surface area contributed by atoms with Crippen molar-refractivity contribution in [2.24, 2.45) is 0 Å². The molecule has 5 heteroatoms. The third kappa shape index (κ3) is 6.98. The quantitative estimate of drug-likeness (QED) is 0.509. The predicted molar refractivity (Wildman–Crippen MR) is 82.4 cm³/mol. The molecule has 0 aliphatic heterocycles. The summed E-state index contributed by atoms with van der Waals surface area (Å²) in [5.74, 6) is -0.235. The van der Waals surface area contributed by atoms with Gasteiger partial charge < -0.3 is 9.47 Å². The average molecular weight is 310 g/mol. The second-order valence-electron chi connectivity index (χ2n) is 6.59. The summed E-state index contributed by atoms with van der Waals surface area (Å²) in [7, 11) is 1.35. The molecular formula is C17H26O5. The van der Waals surface area contributed by atoms with Crippen molar-refractivity contribution < 1.29 is 23.9 Å². The molecule has 0 aromatic heterocycles. The van der Waals surface area contributed by atoms with E-state index in [9.17, 15) is 14.4 Å². The van der Waals surface area contributed by atoms with Crippen LogP contribution in [-0.2, 0) is 23.9 Å². The molecule has 0 aromatic rings. The minimum absolute atomic E-state index is 0.00263. The summed E-state index contributed by atoms with van der Waals surface area (Å²) < 4.78 is 10.3. The van der Waals surface area contributed by atoms with Gasteiger partial charge in [-0.05, 0) is 39.7 Å².